The molecule has 1 aromatic carbocycles. The summed E-state index contributed by atoms with van der Waals surface area (Å²) in [7, 11) is 0. The summed E-state index contributed by atoms with van der Waals surface area (Å²) in [5, 5.41) is 5.57. The molecule has 3 amide bonds. The molecule has 0 saturated carbocycles. The van der Waals surface area contributed by atoms with Gasteiger partial charge in [0.1, 0.15) is 6.26 Å². The summed E-state index contributed by atoms with van der Waals surface area (Å²) in [4.78, 5) is 38.6. The first-order valence-corrected chi connectivity index (χ1v) is 9.41. The van der Waals surface area contributed by atoms with Crippen LogP contribution in [0.25, 0.3) is 0 Å². The molecule has 0 unspecified atom stereocenters. The summed E-state index contributed by atoms with van der Waals surface area (Å²) < 4.78 is 4.95. The zero-order chi connectivity index (χ0) is 20.1. The van der Waals surface area contributed by atoms with Gasteiger partial charge in [-0.1, -0.05) is 18.2 Å². The second-order valence-electron chi connectivity index (χ2n) is 7.11. The number of benzene rings is 1. The molecular weight excluding hydrogens is 358 g/mol. The van der Waals surface area contributed by atoms with Gasteiger partial charge >= 0.3 is 0 Å². The number of para-hydroxylation sites is 1. The highest BCUT2D eigenvalue weighted by molar-refractivity contribution is 5.96. The molecule has 0 aliphatic carbocycles. The van der Waals surface area contributed by atoms with E-state index in [1.807, 2.05) is 32.0 Å². The molecule has 2 N–H and O–H groups in total. The molecule has 7 heteroatoms. The molecule has 1 aliphatic rings. The Balaban J connectivity index is 1.44. The van der Waals surface area contributed by atoms with Crippen LogP contribution in [0, 0.1) is 19.8 Å². The van der Waals surface area contributed by atoms with Gasteiger partial charge in [0.25, 0.3) is 5.91 Å². The van der Waals surface area contributed by atoms with Crippen molar-refractivity contribution in [2.75, 3.05) is 25.0 Å². The normalized spacial score (nSPS) is 14.6. The second-order valence-corrected chi connectivity index (χ2v) is 7.11. The highest BCUT2D eigenvalue weighted by Crippen LogP contribution is 2.20. The predicted octanol–water partition coefficient (Wildman–Crippen LogP) is 2.50. The third-order valence-electron chi connectivity index (χ3n) is 5.09. The quantitative estimate of drug-likeness (QED) is 0.830. The smallest absolute Gasteiger partial charge is 0.257 e. The summed E-state index contributed by atoms with van der Waals surface area (Å²) in [5.74, 6) is -0.674. The molecule has 0 spiro atoms. The summed E-state index contributed by atoms with van der Waals surface area (Å²) >= 11 is 0. The lowest BCUT2D eigenvalue weighted by Crippen LogP contribution is -2.44. The highest BCUT2D eigenvalue weighted by atomic mass is 16.3. The summed E-state index contributed by atoms with van der Waals surface area (Å²) in [6, 6.07) is 7.43. The number of likely N-dealkylation sites (tertiary alicyclic amines) is 1. The van der Waals surface area contributed by atoms with Gasteiger partial charge in [0.05, 0.1) is 18.4 Å². The van der Waals surface area contributed by atoms with E-state index >= 15 is 0 Å². The number of nitrogens with zero attached hydrogens (tertiary/aromatic N) is 1. The van der Waals surface area contributed by atoms with Crippen LogP contribution in [-0.2, 0) is 9.59 Å². The first-order chi connectivity index (χ1) is 13.5. The number of amides is 3. The van der Waals surface area contributed by atoms with Gasteiger partial charge in [-0.15, -0.1) is 0 Å². The molecule has 1 aliphatic heterocycles. The fourth-order valence-electron chi connectivity index (χ4n) is 3.42. The molecule has 0 atom stereocenters. The molecular formula is C21H25N3O4. The van der Waals surface area contributed by atoms with Gasteiger partial charge in [-0.3, -0.25) is 14.4 Å². The average molecular weight is 383 g/mol. The Morgan fingerprint density at radius 1 is 1.11 bits per heavy atom. The molecule has 2 aromatic rings. The molecule has 3 rings (SSSR count). The van der Waals surface area contributed by atoms with Crippen molar-refractivity contribution >= 4 is 23.4 Å². The highest BCUT2D eigenvalue weighted by Gasteiger charge is 2.28. The Labute approximate surface area is 164 Å². The van der Waals surface area contributed by atoms with E-state index in [4.69, 9.17) is 4.42 Å². The van der Waals surface area contributed by atoms with Gasteiger partial charge in [0.15, 0.2) is 0 Å². The number of nitrogens with one attached hydrogen (secondary N) is 2. The monoisotopic (exact) mass is 383 g/mol. The van der Waals surface area contributed by atoms with Crippen molar-refractivity contribution in [2.45, 2.75) is 26.7 Å². The van der Waals surface area contributed by atoms with E-state index in [1.54, 1.807) is 11.0 Å². The summed E-state index contributed by atoms with van der Waals surface area (Å²) in [5.41, 5.74) is 3.27. The minimum Gasteiger partial charge on any atom is -0.472 e. The second kappa shape index (κ2) is 8.73. The van der Waals surface area contributed by atoms with Gasteiger partial charge in [0.2, 0.25) is 11.8 Å². The molecule has 0 radical (unpaired) electrons. The zero-order valence-corrected chi connectivity index (χ0v) is 16.2. The van der Waals surface area contributed by atoms with Crippen molar-refractivity contribution in [3.8, 4) is 0 Å². The van der Waals surface area contributed by atoms with Gasteiger partial charge in [-0.25, -0.2) is 0 Å². The van der Waals surface area contributed by atoms with E-state index in [2.05, 4.69) is 10.6 Å². The zero-order valence-electron chi connectivity index (χ0n) is 16.2. The number of furan rings is 1. The SMILES string of the molecule is Cc1cccc(C)c1NC(=O)CNC(=O)C1CCN(C(=O)c2ccoc2)CC1. The number of hydrogen-bond acceptors (Lipinski definition) is 4. The van der Waals surface area contributed by atoms with Crippen molar-refractivity contribution in [1.29, 1.82) is 0 Å². The third kappa shape index (κ3) is 4.60. The lowest BCUT2D eigenvalue weighted by molar-refractivity contribution is -0.128. The fraction of sp³-hybridized carbons (Fsp3) is 0.381. The Morgan fingerprint density at radius 3 is 2.39 bits per heavy atom. The Morgan fingerprint density at radius 2 is 1.79 bits per heavy atom. The molecule has 1 aromatic heterocycles. The number of carbonyl (C=O) groups is 3. The van der Waals surface area contributed by atoms with E-state index in [0.717, 1.165) is 16.8 Å². The Kier molecular flexibility index (Phi) is 6.13. The van der Waals surface area contributed by atoms with Crippen LogP contribution in [-0.4, -0.2) is 42.3 Å². The minimum atomic E-state index is -0.252. The summed E-state index contributed by atoms with van der Waals surface area (Å²) in [6.45, 7) is 4.81. The average Bonchev–Trinajstić information content (AvgIpc) is 3.23. The maximum absolute atomic E-state index is 12.4. The molecule has 1 fully saturated rings. The van der Waals surface area contributed by atoms with Crippen molar-refractivity contribution in [2.24, 2.45) is 5.92 Å². The Hall–Kier alpha value is -3.09. The maximum Gasteiger partial charge on any atom is 0.257 e. The van der Waals surface area contributed by atoms with Crippen molar-refractivity contribution in [3.05, 3.63) is 53.5 Å². The van der Waals surface area contributed by atoms with Crippen molar-refractivity contribution in [3.63, 3.8) is 0 Å². The first kappa shape index (κ1) is 19.7. The number of aryl methyl sites for hydroxylation is 2. The Bertz CT molecular complexity index is 832. The number of piperidine rings is 1. The van der Waals surface area contributed by atoms with Crippen LogP contribution in [0.2, 0.25) is 0 Å². The van der Waals surface area contributed by atoms with Crippen LogP contribution in [0.15, 0.2) is 41.2 Å². The maximum atomic E-state index is 12.4. The standard InChI is InChI=1S/C21H25N3O4/c1-14-4-3-5-15(2)19(14)23-18(25)12-22-20(26)16-6-9-24(10-7-16)21(27)17-8-11-28-13-17/h3-5,8,11,13,16H,6-7,9-10,12H2,1-2H3,(H,22,26)(H,23,25). The fourth-order valence-corrected chi connectivity index (χ4v) is 3.42. The number of hydrogen-bond donors (Lipinski definition) is 2. The van der Waals surface area contributed by atoms with E-state index in [1.165, 1.54) is 12.5 Å². The van der Waals surface area contributed by atoms with Crippen LogP contribution in [0.5, 0.6) is 0 Å². The van der Waals surface area contributed by atoms with Gasteiger partial charge in [-0.05, 0) is 43.9 Å². The van der Waals surface area contributed by atoms with Crippen molar-refractivity contribution < 1.29 is 18.8 Å². The van der Waals surface area contributed by atoms with Crippen LogP contribution in [0.3, 0.4) is 0 Å². The van der Waals surface area contributed by atoms with Gasteiger partial charge in [-0.2, -0.15) is 0 Å². The van der Waals surface area contributed by atoms with Gasteiger partial charge in [0, 0.05) is 24.7 Å². The van der Waals surface area contributed by atoms with Gasteiger partial charge < -0.3 is 20.0 Å². The number of carbonyl (C=O) groups excluding carboxylic acids is 3. The lowest BCUT2D eigenvalue weighted by atomic mass is 9.95. The molecule has 7 nitrogen and oxygen atoms in total. The van der Waals surface area contributed by atoms with Crippen molar-refractivity contribution in [1.82, 2.24) is 10.2 Å². The van der Waals surface area contributed by atoms with Crippen LogP contribution < -0.4 is 10.6 Å². The van der Waals surface area contributed by atoms with E-state index in [9.17, 15) is 14.4 Å². The minimum absolute atomic E-state index is 0.0687. The predicted molar refractivity (Wildman–Crippen MR) is 105 cm³/mol. The molecule has 2 heterocycles. The van der Waals surface area contributed by atoms with E-state index in [-0.39, 0.29) is 30.2 Å². The van der Waals surface area contributed by atoms with Crippen LogP contribution in [0.1, 0.15) is 34.3 Å². The van der Waals surface area contributed by atoms with E-state index < -0.39 is 0 Å². The molecule has 148 valence electrons. The topological polar surface area (TPSA) is 91.7 Å². The number of anilines is 1. The third-order valence-corrected chi connectivity index (χ3v) is 5.09. The molecule has 0 bridgehead atoms. The van der Waals surface area contributed by atoms with Crippen LogP contribution in [0.4, 0.5) is 5.69 Å². The lowest BCUT2D eigenvalue weighted by Gasteiger charge is -2.31. The largest absolute Gasteiger partial charge is 0.472 e. The number of rotatable bonds is 5. The van der Waals surface area contributed by atoms with E-state index in [0.29, 0.717) is 31.5 Å². The molecule has 28 heavy (non-hydrogen) atoms. The first-order valence-electron chi connectivity index (χ1n) is 9.41. The summed E-state index contributed by atoms with van der Waals surface area (Å²) in [6.07, 6.45) is 4.05. The van der Waals surface area contributed by atoms with Crippen LogP contribution >= 0.6 is 0 Å². The molecule has 1 saturated heterocycles.